The topological polar surface area (TPSA) is 35.5 Å². The molecule has 3 nitrogen and oxygen atoms in total. The van der Waals surface area contributed by atoms with Crippen molar-refractivity contribution in [1.82, 2.24) is 0 Å². The molecule has 0 saturated carbocycles. The standard InChI is InChI=1S/C12H22O3/c1-5-7-8-14-9-11(6-2)15-12(13)10(3)4/h11H,3,5-9H2,1-2,4H3. The molecule has 0 aromatic heterocycles. The number of hydrogen-bond acceptors (Lipinski definition) is 3. The highest BCUT2D eigenvalue weighted by molar-refractivity contribution is 5.87. The number of carbonyl (C=O) groups excluding carboxylic acids is 1. The van der Waals surface area contributed by atoms with Crippen molar-refractivity contribution < 1.29 is 14.3 Å². The first kappa shape index (κ1) is 14.2. The Balaban J connectivity index is 3.73. The molecule has 0 aliphatic rings. The first-order chi connectivity index (χ1) is 7.11. The maximum Gasteiger partial charge on any atom is 0.333 e. The van der Waals surface area contributed by atoms with Gasteiger partial charge in [0.15, 0.2) is 0 Å². The SMILES string of the molecule is C=C(C)C(=O)OC(CC)COCCCC. The summed E-state index contributed by atoms with van der Waals surface area (Å²) >= 11 is 0. The quantitative estimate of drug-likeness (QED) is 0.354. The summed E-state index contributed by atoms with van der Waals surface area (Å²) in [5.41, 5.74) is 0.432. The monoisotopic (exact) mass is 214 g/mol. The Morgan fingerprint density at radius 3 is 2.53 bits per heavy atom. The van der Waals surface area contributed by atoms with Crippen LogP contribution in [0.25, 0.3) is 0 Å². The zero-order chi connectivity index (χ0) is 11.7. The van der Waals surface area contributed by atoms with Gasteiger partial charge in [0.25, 0.3) is 0 Å². The van der Waals surface area contributed by atoms with Crippen molar-refractivity contribution in [2.75, 3.05) is 13.2 Å². The van der Waals surface area contributed by atoms with E-state index >= 15 is 0 Å². The average Bonchev–Trinajstić information content (AvgIpc) is 2.22. The van der Waals surface area contributed by atoms with Gasteiger partial charge >= 0.3 is 5.97 Å². The predicted octanol–water partition coefficient (Wildman–Crippen LogP) is 2.70. The molecule has 1 unspecified atom stereocenters. The van der Waals surface area contributed by atoms with E-state index in [1.54, 1.807) is 6.92 Å². The van der Waals surface area contributed by atoms with E-state index in [2.05, 4.69) is 13.5 Å². The molecule has 15 heavy (non-hydrogen) atoms. The average molecular weight is 214 g/mol. The molecule has 0 aliphatic carbocycles. The van der Waals surface area contributed by atoms with Crippen molar-refractivity contribution in [2.45, 2.75) is 46.1 Å². The Bertz CT molecular complexity index is 199. The minimum atomic E-state index is -0.332. The van der Waals surface area contributed by atoms with E-state index in [1.807, 2.05) is 6.92 Å². The van der Waals surface area contributed by atoms with Crippen molar-refractivity contribution in [3.8, 4) is 0 Å². The number of unbranched alkanes of at least 4 members (excludes halogenated alkanes) is 1. The number of rotatable bonds is 8. The minimum Gasteiger partial charge on any atom is -0.457 e. The second kappa shape index (κ2) is 8.48. The number of carbonyl (C=O) groups is 1. The van der Waals surface area contributed by atoms with Crippen LogP contribution in [0.1, 0.15) is 40.0 Å². The fraction of sp³-hybridized carbons (Fsp3) is 0.750. The van der Waals surface area contributed by atoms with Gasteiger partial charge < -0.3 is 9.47 Å². The van der Waals surface area contributed by atoms with E-state index in [0.29, 0.717) is 12.2 Å². The van der Waals surface area contributed by atoms with Crippen LogP contribution in [0.4, 0.5) is 0 Å². The van der Waals surface area contributed by atoms with Crippen LogP contribution < -0.4 is 0 Å². The van der Waals surface area contributed by atoms with Crippen LogP contribution >= 0.6 is 0 Å². The van der Waals surface area contributed by atoms with Crippen LogP contribution in [-0.2, 0) is 14.3 Å². The van der Waals surface area contributed by atoms with Crippen molar-refractivity contribution in [3.63, 3.8) is 0 Å². The zero-order valence-corrected chi connectivity index (χ0v) is 10.0. The molecule has 0 fully saturated rings. The van der Waals surface area contributed by atoms with Gasteiger partial charge in [0, 0.05) is 12.2 Å². The summed E-state index contributed by atoms with van der Waals surface area (Å²) in [6.07, 6.45) is 2.78. The smallest absolute Gasteiger partial charge is 0.333 e. The van der Waals surface area contributed by atoms with E-state index in [9.17, 15) is 4.79 Å². The zero-order valence-electron chi connectivity index (χ0n) is 10.0. The van der Waals surface area contributed by atoms with Gasteiger partial charge in [-0.05, 0) is 19.8 Å². The van der Waals surface area contributed by atoms with E-state index in [0.717, 1.165) is 25.9 Å². The molecule has 1 atom stereocenters. The molecule has 0 aromatic rings. The Kier molecular flexibility index (Phi) is 8.01. The Morgan fingerprint density at radius 2 is 2.07 bits per heavy atom. The second-order valence-electron chi connectivity index (χ2n) is 3.64. The summed E-state index contributed by atoms with van der Waals surface area (Å²) in [4.78, 5) is 11.2. The van der Waals surface area contributed by atoms with Gasteiger partial charge in [-0.1, -0.05) is 26.8 Å². The molecule has 0 bridgehead atoms. The fourth-order valence-electron chi connectivity index (χ4n) is 0.948. The molecule has 0 saturated heterocycles. The summed E-state index contributed by atoms with van der Waals surface area (Å²) in [5, 5.41) is 0. The number of esters is 1. The Labute approximate surface area is 92.5 Å². The third-order valence-electron chi connectivity index (χ3n) is 2.02. The second-order valence-corrected chi connectivity index (χ2v) is 3.64. The Morgan fingerprint density at radius 1 is 1.40 bits per heavy atom. The van der Waals surface area contributed by atoms with E-state index in [1.165, 1.54) is 0 Å². The molecule has 0 rings (SSSR count). The fourth-order valence-corrected chi connectivity index (χ4v) is 0.948. The lowest BCUT2D eigenvalue weighted by Gasteiger charge is -2.16. The van der Waals surface area contributed by atoms with Crippen LogP contribution in [-0.4, -0.2) is 25.3 Å². The molecule has 0 radical (unpaired) electrons. The van der Waals surface area contributed by atoms with Crippen molar-refractivity contribution in [1.29, 1.82) is 0 Å². The van der Waals surface area contributed by atoms with Crippen molar-refractivity contribution >= 4 is 5.97 Å². The third-order valence-corrected chi connectivity index (χ3v) is 2.02. The molecule has 88 valence electrons. The lowest BCUT2D eigenvalue weighted by Crippen LogP contribution is -2.23. The van der Waals surface area contributed by atoms with Crippen molar-refractivity contribution in [2.24, 2.45) is 0 Å². The third kappa shape index (κ3) is 7.14. The lowest BCUT2D eigenvalue weighted by molar-refractivity contribution is -0.147. The van der Waals surface area contributed by atoms with Crippen LogP contribution in [0.5, 0.6) is 0 Å². The highest BCUT2D eigenvalue weighted by atomic mass is 16.6. The van der Waals surface area contributed by atoms with Gasteiger partial charge in [-0.3, -0.25) is 0 Å². The van der Waals surface area contributed by atoms with Gasteiger partial charge in [-0.2, -0.15) is 0 Å². The normalized spacial score (nSPS) is 12.2. The van der Waals surface area contributed by atoms with E-state index < -0.39 is 0 Å². The maximum atomic E-state index is 11.2. The van der Waals surface area contributed by atoms with Crippen LogP contribution in [0.2, 0.25) is 0 Å². The Hall–Kier alpha value is -0.830. The molecule has 0 heterocycles. The van der Waals surface area contributed by atoms with Crippen LogP contribution in [0.15, 0.2) is 12.2 Å². The van der Waals surface area contributed by atoms with E-state index in [-0.39, 0.29) is 12.1 Å². The van der Waals surface area contributed by atoms with Crippen LogP contribution in [0, 0.1) is 0 Å². The predicted molar refractivity (Wildman–Crippen MR) is 60.7 cm³/mol. The van der Waals surface area contributed by atoms with Gasteiger partial charge in [0.1, 0.15) is 6.10 Å². The largest absolute Gasteiger partial charge is 0.457 e. The number of ether oxygens (including phenoxy) is 2. The molecular weight excluding hydrogens is 192 g/mol. The molecule has 0 aliphatic heterocycles. The molecule has 0 N–H and O–H groups in total. The summed E-state index contributed by atoms with van der Waals surface area (Å²) in [5.74, 6) is -0.332. The first-order valence-electron chi connectivity index (χ1n) is 5.56. The summed E-state index contributed by atoms with van der Waals surface area (Å²) < 4.78 is 10.6. The molecule has 0 spiro atoms. The van der Waals surface area contributed by atoms with E-state index in [4.69, 9.17) is 9.47 Å². The maximum absolute atomic E-state index is 11.2. The van der Waals surface area contributed by atoms with Gasteiger partial charge in [0.2, 0.25) is 0 Å². The highest BCUT2D eigenvalue weighted by Gasteiger charge is 2.12. The van der Waals surface area contributed by atoms with Crippen LogP contribution in [0.3, 0.4) is 0 Å². The highest BCUT2D eigenvalue weighted by Crippen LogP contribution is 2.03. The minimum absolute atomic E-state index is 0.147. The van der Waals surface area contributed by atoms with Gasteiger partial charge in [0.05, 0.1) is 6.61 Å². The van der Waals surface area contributed by atoms with Crippen molar-refractivity contribution in [3.05, 3.63) is 12.2 Å². The molecular formula is C12H22O3. The molecule has 0 amide bonds. The first-order valence-corrected chi connectivity index (χ1v) is 5.56. The molecule has 0 aromatic carbocycles. The summed E-state index contributed by atoms with van der Waals surface area (Å²) in [6.45, 7) is 10.5. The molecule has 3 heteroatoms. The summed E-state index contributed by atoms with van der Waals surface area (Å²) in [7, 11) is 0. The van der Waals surface area contributed by atoms with Gasteiger partial charge in [-0.25, -0.2) is 4.79 Å². The number of hydrogen-bond donors (Lipinski definition) is 0. The summed E-state index contributed by atoms with van der Waals surface area (Å²) in [6, 6.07) is 0. The van der Waals surface area contributed by atoms with Gasteiger partial charge in [-0.15, -0.1) is 0 Å². The lowest BCUT2D eigenvalue weighted by atomic mass is 10.3.